The highest BCUT2D eigenvalue weighted by atomic mass is 14.2. The standard InChI is InChI=1S/C48H30/c1-4-16-37-31(11-1)14-9-21-40(37)35-25-28-45-46(30-35)47(36-26-27-41-34(29-36)24-23-33-13-3-5-17-38(33)41)43-19-7-8-20-44(43)48(45)42-22-10-15-32-12-2-6-18-39(32)42/h1-30H/i7D,8D,19D,20D,25D,28D,30D. The molecule has 0 saturated carbocycles. The van der Waals surface area contributed by atoms with E-state index in [-0.39, 0.29) is 53.1 Å². The fourth-order valence-corrected chi connectivity index (χ4v) is 7.47. The molecule has 0 atom stereocenters. The second-order valence-corrected chi connectivity index (χ2v) is 12.3. The van der Waals surface area contributed by atoms with E-state index in [1.165, 1.54) is 0 Å². The number of hydrogen-bond donors (Lipinski definition) is 0. The molecule has 0 spiro atoms. The highest BCUT2D eigenvalue weighted by Crippen LogP contribution is 2.47. The highest BCUT2D eigenvalue weighted by Gasteiger charge is 2.19. The van der Waals surface area contributed by atoms with Crippen molar-refractivity contribution in [1.29, 1.82) is 0 Å². The Balaban J connectivity index is 1.48. The molecular weight excluding hydrogens is 577 g/mol. The molecule has 48 heavy (non-hydrogen) atoms. The van der Waals surface area contributed by atoms with Crippen LogP contribution in [0.25, 0.3) is 98.0 Å². The Bertz CT molecular complexity index is 3280. The van der Waals surface area contributed by atoms with Gasteiger partial charge in [-0.05, 0) is 110 Å². The summed E-state index contributed by atoms with van der Waals surface area (Å²) in [5.41, 5.74) is 3.13. The van der Waals surface area contributed by atoms with Crippen molar-refractivity contribution in [3.63, 3.8) is 0 Å². The summed E-state index contributed by atoms with van der Waals surface area (Å²) in [6.45, 7) is 0. The number of benzene rings is 10. The maximum absolute atomic E-state index is 10.2. The molecule has 10 aromatic rings. The highest BCUT2D eigenvalue weighted by molar-refractivity contribution is 6.24. The van der Waals surface area contributed by atoms with Crippen LogP contribution in [-0.4, -0.2) is 0 Å². The van der Waals surface area contributed by atoms with Crippen LogP contribution in [0.4, 0.5) is 0 Å². The quantitative estimate of drug-likeness (QED) is 0.137. The van der Waals surface area contributed by atoms with E-state index < -0.39 is 0 Å². The van der Waals surface area contributed by atoms with E-state index in [0.717, 1.165) is 43.1 Å². The Hall–Kier alpha value is -6.24. The van der Waals surface area contributed by atoms with Crippen LogP contribution in [0, 0.1) is 0 Å². The van der Waals surface area contributed by atoms with E-state index in [4.69, 9.17) is 2.74 Å². The van der Waals surface area contributed by atoms with Gasteiger partial charge in [0.2, 0.25) is 0 Å². The average molecular weight is 614 g/mol. The van der Waals surface area contributed by atoms with Crippen molar-refractivity contribution in [3.8, 4) is 33.4 Å². The Kier molecular flexibility index (Phi) is 4.62. The SMILES string of the molecule is [2H]c1c([2H])c([2H])c2c(-c3cccc4ccccc34)c3c([2H])c([2H])c(-c4cccc5ccccc45)c([2H])c3c(-c3ccc4c(ccc5ccccc54)c3)c2c1[2H]. The zero-order valence-electron chi connectivity index (χ0n) is 32.8. The van der Waals surface area contributed by atoms with E-state index in [1.807, 2.05) is 121 Å². The second kappa shape index (κ2) is 10.7. The van der Waals surface area contributed by atoms with Crippen LogP contribution in [0.5, 0.6) is 0 Å². The van der Waals surface area contributed by atoms with Gasteiger partial charge >= 0.3 is 0 Å². The third-order valence-electron chi connectivity index (χ3n) is 9.65. The second-order valence-electron chi connectivity index (χ2n) is 12.3. The predicted octanol–water partition coefficient (Wildman–Crippen LogP) is 13.6. The molecule has 0 nitrogen and oxygen atoms in total. The summed E-state index contributed by atoms with van der Waals surface area (Å²) in [7, 11) is 0. The van der Waals surface area contributed by atoms with E-state index in [9.17, 15) is 6.85 Å². The summed E-state index contributed by atoms with van der Waals surface area (Å²) < 4.78 is 66.6. The van der Waals surface area contributed by atoms with Crippen molar-refractivity contribution in [2.24, 2.45) is 0 Å². The Morgan fingerprint density at radius 2 is 0.854 bits per heavy atom. The fraction of sp³-hybridized carbons (Fsp3) is 0. The molecule has 222 valence electrons. The smallest absolute Gasteiger partial charge is 0.0616 e. The van der Waals surface area contributed by atoms with Gasteiger partial charge in [0, 0.05) is 0 Å². The molecule has 0 heterocycles. The van der Waals surface area contributed by atoms with Crippen molar-refractivity contribution >= 4 is 64.6 Å². The molecule has 10 rings (SSSR count). The third-order valence-corrected chi connectivity index (χ3v) is 9.65. The summed E-state index contributed by atoms with van der Waals surface area (Å²) in [6, 6.07) is 44.1. The summed E-state index contributed by atoms with van der Waals surface area (Å²) in [5.74, 6) is 0. The Labute approximate surface area is 289 Å². The minimum Gasteiger partial charge on any atom is -0.0616 e. The molecule has 0 bridgehead atoms. The van der Waals surface area contributed by atoms with Gasteiger partial charge in [0.05, 0.1) is 9.60 Å². The lowest BCUT2D eigenvalue weighted by Crippen LogP contribution is -1.93. The van der Waals surface area contributed by atoms with Crippen LogP contribution in [0.3, 0.4) is 0 Å². The molecule has 0 aliphatic rings. The summed E-state index contributed by atoms with van der Waals surface area (Å²) in [6.07, 6.45) is 0. The van der Waals surface area contributed by atoms with Crippen LogP contribution >= 0.6 is 0 Å². The summed E-state index contributed by atoms with van der Waals surface area (Å²) >= 11 is 0. The van der Waals surface area contributed by atoms with Crippen LogP contribution in [0.1, 0.15) is 9.60 Å². The molecule has 0 saturated heterocycles. The van der Waals surface area contributed by atoms with Gasteiger partial charge in [-0.3, -0.25) is 0 Å². The minimum absolute atomic E-state index is 0.0248. The van der Waals surface area contributed by atoms with Gasteiger partial charge in [-0.1, -0.05) is 170 Å². The van der Waals surface area contributed by atoms with Crippen molar-refractivity contribution in [2.45, 2.75) is 0 Å². The van der Waals surface area contributed by atoms with E-state index in [1.54, 1.807) is 0 Å². The number of hydrogen-bond acceptors (Lipinski definition) is 0. The van der Waals surface area contributed by atoms with Crippen molar-refractivity contribution in [1.82, 2.24) is 0 Å². The van der Waals surface area contributed by atoms with Crippen LogP contribution < -0.4 is 0 Å². The minimum atomic E-state index is -0.384. The van der Waals surface area contributed by atoms with Gasteiger partial charge in [-0.2, -0.15) is 0 Å². The Morgan fingerprint density at radius 1 is 0.312 bits per heavy atom. The van der Waals surface area contributed by atoms with Gasteiger partial charge in [-0.15, -0.1) is 0 Å². The molecule has 0 amide bonds. The number of fused-ring (bicyclic) bond motifs is 7. The fourth-order valence-electron chi connectivity index (χ4n) is 7.47. The zero-order chi connectivity index (χ0) is 37.7. The van der Waals surface area contributed by atoms with E-state index in [0.29, 0.717) is 44.2 Å². The molecule has 10 aromatic carbocycles. The molecule has 0 fully saturated rings. The average Bonchev–Trinajstić information content (AvgIpc) is 3.22. The largest absolute Gasteiger partial charge is 0.0636 e. The molecule has 0 aliphatic carbocycles. The summed E-state index contributed by atoms with van der Waals surface area (Å²) in [4.78, 5) is 0. The molecule has 0 N–H and O–H groups in total. The topological polar surface area (TPSA) is 0 Å². The van der Waals surface area contributed by atoms with E-state index in [2.05, 4.69) is 18.2 Å². The molecule has 0 radical (unpaired) electrons. The normalized spacial score (nSPS) is 13.8. The van der Waals surface area contributed by atoms with Gasteiger partial charge < -0.3 is 0 Å². The lowest BCUT2D eigenvalue weighted by Gasteiger charge is -2.20. The maximum atomic E-state index is 10.2. The van der Waals surface area contributed by atoms with Gasteiger partial charge in [0.25, 0.3) is 0 Å². The molecule has 0 heteroatoms. The Morgan fingerprint density at radius 3 is 1.60 bits per heavy atom. The van der Waals surface area contributed by atoms with Gasteiger partial charge in [0.15, 0.2) is 0 Å². The van der Waals surface area contributed by atoms with Crippen LogP contribution in [0.2, 0.25) is 0 Å². The van der Waals surface area contributed by atoms with Crippen molar-refractivity contribution < 1.29 is 9.60 Å². The van der Waals surface area contributed by atoms with Crippen molar-refractivity contribution in [2.75, 3.05) is 0 Å². The van der Waals surface area contributed by atoms with E-state index >= 15 is 0 Å². The van der Waals surface area contributed by atoms with Crippen molar-refractivity contribution in [3.05, 3.63) is 182 Å². The first-order valence-electron chi connectivity index (χ1n) is 19.6. The molecule has 0 unspecified atom stereocenters. The summed E-state index contributed by atoms with van der Waals surface area (Å²) in [5, 5.41) is 8.89. The zero-order valence-corrected chi connectivity index (χ0v) is 25.8. The van der Waals surface area contributed by atoms with Gasteiger partial charge in [0.1, 0.15) is 0 Å². The van der Waals surface area contributed by atoms with Crippen LogP contribution in [0.15, 0.2) is 182 Å². The predicted molar refractivity (Wildman–Crippen MR) is 208 cm³/mol. The van der Waals surface area contributed by atoms with Crippen LogP contribution in [-0.2, 0) is 0 Å². The number of rotatable bonds is 3. The third kappa shape index (κ3) is 4.10. The monoisotopic (exact) mass is 613 g/mol. The first-order chi connectivity index (χ1) is 26.7. The molecule has 0 aliphatic heterocycles. The lowest BCUT2D eigenvalue weighted by molar-refractivity contribution is 1.66. The lowest BCUT2D eigenvalue weighted by atomic mass is 9.83. The first-order valence-corrected chi connectivity index (χ1v) is 16.1. The molecule has 0 aromatic heterocycles. The maximum Gasteiger partial charge on any atom is 0.0636 e. The van der Waals surface area contributed by atoms with Gasteiger partial charge in [-0.25, -0.2) is 0 Å². The first kappa shape index (κ1) is 20.8. The molecular formula is C48H30.